The van der Waals surface area contributed by atoms with Gasteiger partial charge in [0.25, 0.3) is 0 Å². The minimum Gasteiger partial charge on any atom is -0.385 e. The fraction of sp³-hybridized carbons (Fsp3) is 0.300. The summed E-state index contributed by atoms with van der Waals surface area (Å²) in [5, 5.41) is 3.26. The molecular formula is C10H11FN. The van der Waals surface area contributed by atoms with E-state index >= 15 is 0 Å². The van der Waals surface area contributed by atoms with Crippen molar-refractivity contribution in [3.63, 3.8) is 0 Å². The molecule has 2 heteroatoms. The van der Waals surface area contributed by atoms with Crippen LogP contribution < -0.4 is 5.32 Å². The predicted molar refractivity (Wildman–Crippen MR) is 47.6 cm³/mol. The van der Waals surface area contributed by atoms with Gasteiger partial charge >= 0.3 is 0 Å². The molecule has 0 spiro atoms. The highest BCUT2D eigenvalue weighted by molar-refractivity contribution is 5.61. The number of halogens is 1. The van der Waals surface area contributed by atoms with E-state index in [4.69, 9.17) is 0 Å². The summed E-state index contributed by atoms with van der Waals surface area (Å²) in [5.74, 6) is -0.147. The molecule has 0 atom stereocenters. The second-order valence-corrected chi connectivity index (χ2v) is 3.11. The Morgan fingerprint density at radius 2 is 2.25 bits per heavy atom. The van der Waals surface area contributed by atoms with Crippen molar-refractivity contribution < 1.29 is 4.39 Å². The summed E-state index contributed by atoms with van der Waals surface area (Å²) in [6.07, 6.45) is 3.05. The number of anilines is 1. The predicted octanol–water partition coefficient (Wildman–Crippen LogP) is 2.50. The Labute approximate surface area is 71.6 Å². The second-order valence-electron chi connectivity index (χ2n) is 3.11. The molecule has 0 amide bonds. The third kappa shape index (κ3) is 1.17. The Kier molecular flexibility index (Phi) is 1.75. The lowest BCUT2D eigenvalue weighted by Crippen LogP contribution is -2.11. The summed E-state index contributed by atoms with van der Waals surface area (Å²) in [6, 6.07) is 3.14. The Morgan fingerprint density at radius 3 is 3.08 bits per heavy atom. The van der Waals surface area contributed by atoms with Crippen molar-refractivity contribution in [1.29, 1.82) is 0 Å². The van der Waals surface area contributed by atoms with Crippen molar-refractivity contribution in [3.05, 3.63) is 35.5 Å². The molecule has 0 saturated heterocycles. The van der Waals surface area contributed by atoms with Gasteiger partial charge in [-0.05, 0) is 43.0 Å². The Morgan fingerprint density at radius 1 is 1.42 bits per heavy atom. The molecule has 1 radical (unpaired) electrons. The number of hydrogen-bond donors (Lipinski definition) is 1. The normalized spacial score (nSPS) is 15.2. The van der Waals surface area contributed by atoms with E-state index in [-0.39, 0.29) is 5.82 Å². The van der Waals surface area contributed by atoms with E-state index in [0.29, 0.717) is 0 Å². The molecule has 0 bridgehead atoms. The highest BCUT2D eigenvalue weighted by Gasteiger charge is 2.11. The SMILES string of the molecule is Cc1cc(F)cc2c1NCC[CH]2. The largest absolute Gasteiger partial charge is 0.385 e. The zero-order valence-electron chi connectivity index (χ0n) is 7.02. The lowest BCUT2D eigenvalue weighted by atomic mass is 10.00. The summed E-state index contributed by atoms with van der Waals surface area (Å²) < 4.78 is 12.9. The second kappa shape index (κ2) is 2.77. The van der Waals surface area contributed by atoms with Gasteiger partial charge in [-0.2, -0.15) is 0 Å². The van der Waals surface area contributed by atoms with Crippen LogP contribution in [0.25, 0.3) is 0 Å². The standard InChI is InChI=1S/C10H11FN/c1-7-5-9(11)6-8-3-2-4-12-10(7)8/h3,5-6,12H,2,4H2,1H3. The van der Waals surface area contributed by atoms with Crippen LogP contribution in [-0.2, 0) is 0 Å². The van der Waals surface area contributed by atoms with Crippen LogP contribution in [0.1, 0.15) is 17.5 Å². The zero-order chi connectivity index (χ0) is 8.55. The molecule has 1 aromatic carbocycles. The summed E-state index contributed by atoms with van der Waals surface area (Å²) >= 11 is 0. The Hall–Kier alpha value is -1.05. The lowest BCUT2D eigenvalue weighted by molar-refractivity contribution is 0.625. The van der Waals surface area contributed by atoms with Gasteiger partial charge in [-0.3, -0.25) is 0 Å². The van der Waals surface area contributed by atoms with Crippen molar-refractivity contribution in [1.82, 2.24) is 0 Å². The quantitative estimate of drug-likeness (QED) is 0.621. The molecule has 1 N–H and O–H groups in total. The van der Waals surface area contributed by atoms with Crippen LogP contribution >= 0.6 is 0 Å². The van der Waals surface area contributed by atoms with Gasteiger partial charge in [0.2, 0.25) is 0 Å². The topological polar surface area (TPSA) is 12.0 Å². The van der Waals surface area contributed by atoms with Crippen LogP contribution in [0, 0.1) is 19.2 Å². The molecule has 0 unspecified atom stereocenters. The first-order valence-electron chi connectivity index (χ1n) is 4.14. The van der Waals surface area contributed by atoms with E-state index in [2.05, 4.69) is 11.7 Å². The zero-order valence-corrected chi connectivity index (χ0v) is 7.02. The molecule has 1 aliphatic rings. The monoisotopic (exact) mass is 164 g/mol. The minimum atomic E-state index is -0.147. The van der Waals surface area contributed by atoms with E-state index in [1.807, 2.05) is 6.92 Å². The minimum absolute atomic E-state index is 0.147. The van der Waals surface area contributed by atoms with Crippen molar-refractivity contribution in [3.8, 4) is 0 Å². The third-order valence-electron chi connectivity index (χ3n) is 2.14. The number of benzene rings is 1. The van der Waals surface area contributed by atoms with E-state index < -0.39 is 0 Å². The first-order chi connectivity index (χ1) is 5.77. The van der Waals surface area contributed by atoms with Crippen LogP contribution in [0.4, 0.5) is 10.1 Å². The fourth-order valence-electron chi connectivity index (χ4n) is 1.60. The molecule has 0 fully saturated rings. The number of rotatable bonds is 0. The summed E-state index contributed by atoms with van der Waals surface area (Å²) in [4.78, 5) is 0. The highest BCUT2D eigenvalue weighted by atomic mass is 19.1. The van der Waals surface area contributed by atoms with Crippen LogP contribution in [0.3, 0.4) is 0 Å². The van der Waals surface area contributed by atoms with Gasteiger partial charge < -0.3 is 5.32 Å². The molecule has 2 rings (SSSR count). The number of hydrogen-bond acceptors (Lipinski definition) is 1. The number of aryl methyl sites for hydroxylation is 1. The molecule has 0 aliphatic carbocycles. The molecule has 1 nitrogen and oxygen atoms in total. The maximum atomic E-state index is 12.9. The van der Waals surface area contributed by atoms with E-state index in [0.717, 1.165) is 29.8 Å². The van der Waals surface area contributed by atoms with Crippen LogP contribution in [0.15, 0.2) is 12.1 Å². The Bertz CT molecular complexity index is 307. The van der Waals surface area contributed by atoms with Gasteiger partial charge in [-0.15, -0.1) is 0 Å². The summed E-state index contributed by atoms with van der Waals surface area (Å²) in [6.45, 7) is 2.88. The van der Waals surface area contributed by atoms with Gasteiger partial charge in [-0.25, -0.2) is 4.39 Å². The van der Waals surface area contributed by atoms with Gasteiger partial charge in [0.1, 0.15) is 5.82 Å². The molecular weight excluding hydrogens is 153 g/mol. The summed E-state index contributed by atoms with van der Waals surface area (Å²) in [7, 11) is 0. The Balaban J connectivity index is 2.53. The number of nitrogens with one attached hydrogen (secondary N) is 1. The van der Waals surface area contributed by atoms with E-state index in [9.17, 15) is 4.39 Å². The average molecular weight is 164 g/mol. The van der Waals surface area contributed by atoms with Crippen LogP contribution in [-0.4, -0.2) is 6.54 Å². The maximum Gasteiger partial charge on any atom is 0.123 e. The average Bonchev–Trinajstić information content (AvgIpc) is 2.04. The van der Waals surface area contributed by atoms with Crippen molar-refractivity contribution in [2.24, 2.45) is 0 Å². The molecule has 1 heterocycles. The third-order valence-corrected chi connectivity index (χ3v) is 2.14. The van der Waals surface area contributed by atoms with Gasteiger partial charge in [0.15, 0.2) is 0 Å². The first kappa shape index (κ1) is 7.59. The highest BCUT2D eigenvalue weighted by Crippen LogP contribution is 2.27. The van der Waals surface area contributed by atoms with Gasteiger partial charge in [-0.1, -0.05) is 0 Å². The molecule has 1 aromatic rings. The van der Waals surface area contributed by atoms with Crippen LogP contribution in [0.5, 0.6) is 0 Å². The van der Waals surface area contributed by atoms with Gasteiger partial charge in [0.05, 0.1) is 0 Å². The van der Waals surface area contributed by atoms with Crippen molar-refractivity contribution in [2.75, 3.05) is 11.9 Å². The van der Waals surface area contributed by atoms with Crippen molar-refractivity contribution in [2.45, 2.75) is 13.3 Å². The van der Waals surface area contributed by atoms with E-state index in [1.54, 1.807) is 12.1 Å². The molecule has 0 saturated carbocycles. The number of fused-ring (bicyclic) bond motifs is 1. The van der Waals surface area contributed by atoms with Crippen molar-refractivity contribution >= 4 is 5.69 Å². The summed E-state index contributed by atoms with van der Waals surface area (Å²) in [5.41, 5.74) is 3.07. The maximum absolute atomic E-state index is 12.9. The lowest BCUT2D eigenvalue weighted by Gasteiger charge is -2.19. The fourth-order valence-corrected chi connectivity index (χ4v) is 1.60. The molecule has 0 aromatic heterocycles. The molecule has 12 heavy (non-hydrogen) atoms. The smallest absolute Gasteiger partial charge is 0.123 e. The first-order valence-corrected chi connectivity index (χ1v) is 4.14. The molecule has 1 aliphatic heterocycles. The van der Waals surface area contributed by atoms with E-state index in [1.165, 1.54) is 0 Å². The van der Waals surface area contributed by atoms with Gasteiger partial charge in [0, 0.05) is 12.2 Å². The van der Waals surface area contributed by atoms with Crippen LogP contribution in [0.2, 0.25) is 0 Å². The molecule has 63 valence electrons.